The number of carbonyl (C=O) groups is 1. The summed E-state index contributed by atoms with van der Waals surface area (Å²) < 4.78 is 4.69. The third kappa shape index (κ3) is 2.77. The summed E-state index contributed by atoms with van der Waals surface area (Å²) in [5, 5.41) is 21.7. The fourth-order valence-electron chi connectivity index (χ4n) is 3.27. The van der Waals surface area contributed by atoms with E-state index < -0.39 is 6.10 Å². The van der Waals surface area contributed by atoms with Crippen molar-refractivity contribution in [1.82, 2.24) is 0 Å². The van der Waals surface area contributed by atoms with Gasteiger partial charge in [0.2, 0.25) is 0 Å². The number of β-amino-alcohol motifs (C(OH)–C–C–N with tert-alkyl or cyclic N) is 1. The van der Waals surface area contributed by atoms with Crippen LogP contribution in [0.4, 0.5) is 11.4 Å². The number of esters is 1. The van der Waals surface area contributed by atoms with Crippen LogP contribution in [-0.4, -0.2) is 42.5 Å². The van der Waals surface area contributed by atoms with E-state index in [0.717, 1.165) is 16.6 Å². The van der Waals surface area contributed by atoms with E-state index in [0.29, 0.717) is 30.6 Å². The van der Waals surface area contributed by atoms with Crippen molar-refractivity contribution >= 4 is 28.1 Å². The quantitative estimate of drug-likeness (QED) is 0.585. The topological polar surface area (TPSA) is 96.0 Å². The van der Waals surface area contributed by atoms with Crippen LogP contribution >= 0.6 is 0 Å². The Morgan fingerprint density at radius 1 is 1.48 bits per heavy atom. The molecule has 1 aliphatic heterocycles. The second-order valence-electron chi connectivity index (χ2n) is 5.80. The maximum absolute atomic E-state index is 11.4. The largest absolute Gasteiger partial charge is 0.507 e. The average Bonchev–Trinajstić information content (AvgIpc) is 2.51. The van der Waals surface area contributed by atoms with Gasteiger partial charge in [-0.2, -0.15) is 0 Å². The Hall–Kier alpha value is -2.47. The van der Waals surface area contributed by atoms with E-state index in [1.165, 1.54) is 7.11 Å². The first-order valence-corrected chi connectivity index (χ1v) is 7.54. The number of aliphatic hydroxyl groups excluding tert-OH is 1. The molecule has 0 saturated heterocycles. The van der Waals surface area contributed by atoms with Crippen LogP contribution in [0.25, 0.3) is 10.8 Å². The Morgan fingerprint density at radius 3 is 3.00 bits per heavy atom. The second-order valence-corrected chi connectivity index (χ2v) is 5.80. The van der Waals surface area contributed by atoms with Crippen molar-refractivity contribution in [2.75, 3.05) is 30.8 Å². The summed E-state index contributed by atoms with van der Waals surface area (Å²) in [7, 11) is 1.36. The smallest absolute Gasteiger partial charge is 0.307 e. The summed E-state index contributed by atoms with van der Waals surface area (Å²) in [6, 6.07) is 7.06. The molecule has 0 bridgehead atoms. The van der Waals surface area contributed by atoms with Crippen LogP contribution in [0.15, 0.2) is 24.3 Å². The summed E-state index contributed by atoms with van der Waals surface area (Å²) in [5.41, 5.74) is 8.40. The van der Waals surface area contributed by atoms with Gasteiger partial charge in [-0.1, -0.05) is 12.1 Å². The molecule has 0 radical (unpaired) electrons. The van der Waals surface area contributed by atoms with Gasteiger partial charge in [-0.3, -0.25) is 4.79 Å². The van der Waals surface area contributed by atoms with Crippen LogP contribution in [0.1, 0.15) is 12.0 Å². The molecule has 1 atom stereocenters. The first-order chi connectivity index (χ1) is 11.0. The normalized spacial score (nSPS) is 17.1. The number of nitrogen functional groups attached to an aromatic ring is 1. The number of ether oxygens (including phenoxy) is 1. The lowest BCUT2D eigenvalue weighted by atomic mass is 9.93. The molecule has 23 heavy (non-hydrogen) atoms. The highest BCUT2D eigenvalue weighted by Crippen LogP contribution is 2.41. The number of phenolic OH excluding ortho intramolecular Hbond substituents is 1. The fraction of sp³-hybridized carbons (Fsp3) is 0.353. The molecule has 0 aromatic heterocycles. The van der Waals surface area contributed by atoms with Crippen LogP contribution in [0.2, 0.25) is 0 Å². The number of aromatic hydroxyl groups is 1. The molecular weight excluding hydrogens is 296 g/mol. The average molecular weight is 316 g/mol. The van der Waals surface area contributed by atoms with Crippen molar-refractivity contribution in [2.24, 2.45) is 0 Å². The predicted molar refractivity (Wildman–Crippen MR) is 88.6 cm³/mol. The minimum atomic E-state index is -0.519. The summed E-state index contributed by atoms with van der Waals surface area (Å²) in [4.78, 5) is 13.4. The van der Waals surface area contributed by atoms with Crippen LogP contribution in [-0.2, 0) is 16.0 Å². The zero-order chi connectivity index (χ0) is 16.6. The van der Waals surface area contributed by atoms with E-state index in [-0.39, 0.29) is 18.1 Å². The highest BCUT2D eigenvalue weighted by Gasteiger charge is 2.26. The molecular formula is C17H20N2O4. The highest BCUT2D eigenvalue weighted by molar-refractivity contribution is 6.06. The zero-order valence-corrected chi connectivity index (χ0v) is 13.0. The fourth-order valence-corrected chi connectivity index (χ4v) is 3.27. The molecule has 0 amide bonds. The van der Waals surface area contributed by atoms with E-state index in [1.807, 2.05) is 11.0 Å². The van der Waals surface area contributed by atoms with E-state index in [4.69, 9.17) is 10.5 Å². The monoisotopic (exact) mass is 316 g/mol. The van der Waals surface area contributed by atoms with Crippen LogP contribution in [0, 0.1) is 0 Å². The molecule has 2 aromatic rings. The summed E-state index contributed by atoms with van der Waals surface area (Å²) in [6.07, 6.45) is 0.210. The van der Waals surface area contributed by atoms with E-state index in [2.05, 4.69) is 0 Å². The molecule has 3 rings (SSSR count). The summed E-state index contributed by atoms with van der Waals surface area (Å²) in [6.45, 7) is 0.865. The van der Waals surface area contributed by atoms with Crippen molar-refractivity contribution in [3.63, 3.8) is 0 Å². The number of fused-ring (bicyclic) bond motifs is 3. The van der Waals surface area contributed by atoms with Crippen molar-refractivity contribution in [3.8, 4) is 5.75 Å². The molecule has 6 heteroatoms. The number of hydrogen-bond acceptors (Lipinski definition) is 6. The standard InChI is InChI=1S/C17H20N2O4/c1-23-15(22)5-6-19-9-11(20)7-10-8-13(18)16-12(17(10)19)3-2-4-14(16)21/h2-4,8,11,20-21H,5-7,9,18H2,1H3. The first-order valence-electron chi connectivity index (χ1n) is 7.54. The van der Waals surface area contributed by atoms with Gasteiger partial charge in [0.1, 0.15) is 5.75 Å². The van der Waals surface area contributed by atoms with Gasteiger partial charge in [0.05, 0.1) is 19.6 Å². The molecule has 1 heterocycles. The third-order valence-corrected chi connectivity index (χ3v) is 4.24. The number of benzene rings is 2. The SMILES string of the molecule is COC(=O)CCN1CC(O)Cc2cc(N)c3c(O)cccc3c21. The van der Waals surface area contributed by atoms with Gasteiger partial charge >= 0.3 is 5.97 Å². The van der Waals surface area contributed by atoms with Gasteiger partial charge in [-0.05, 0) is 17.7 Å². The summed E-state index contributed by atoms with van der Waals surface area (Å²) in [5.74, 6) is -0.170. The molecule has 1 unspecified atom stereocenters. The third-order valence-electron chi connectivity index (χ3n) is 4.24. The number of anilines is 2. The molecule has 0 saturated carbocycles. The minimum absolute atomic E-state index is 0.127. The van der Waals surface area contributed by atoms with Crippen molar-refractivity contribution in [2.45, 2.75) is 18.9 Å². The van der Waals surface area contributed by atoms with Crippen molar-refractivity contribution < 1.29 is 19.7 Å². The second kappa shape index (κ2) is 5.96. The molecule has 6 nitrogen and oxygen atoms in total. The number of hydrogen-bond donors (Lipinski definition) is 3. The Bertz CT molecular complexity index is 760. The zero-order valence-electron chi connectivity index (χ0n) is 13.0. The Labute approximate surface area is 134 Å². The highest BCUT2D eigenvalue weighted by atomic mass is 16.5. The molecule has 1 aliphatic rings. The summed E-state index contributed by atoms with van der Waals surface area (Å²) >= 11 is 0. The van der Waals surface area contributed by atoms with Gasteiger partial charge < -0.3 is 25.6 Å². The molecule has 122 valence electrons. The Balaban J connectivity index is 2.11. The van der Waals surface area contributed by atoms with Crippen molar-refractivity contribution in [1.29, 1.82) is 0 Å². The molecule has 0 aliphatic carbocycles. The Morgan fingerprint density at radius 2 is 2.26 bits per heavy atom. The molecule has 0 spiro atoms. The minimum Gasteiger partial charge on any atom is -0.507 e. The van der Waals surface area contributed by atoms with Gasteiger partial charge in [0.15, 0.2) is 0 Å². The number of rotatable bonds is 3. The molecule has 4 N–H and O–H groups in total. The van der Waals surface area contributed by atoms with Gasteiger partial charge in [-0.25, -0.2) is 0 Å². The Kier molecular flexibility index (Phi) is 4.00. The molecule has 2 aromatic carbocycles. The van der Waals surface area contributed by atoms with Gasteiger partial charge in [0, 0.05) is 41.7 Å². The number of phenols is 1. The molecule has 0 fully saturated rings. The lowest BCUT2D eigenvalue weighted by Gasteiger charge is -2.35. The number of aliphatic hydroxyl groups is 1. The van der Waals surface area contributed by atoms with E-state index >= 15 is 0 Å². The van der Waals surface area contributed by atoms with E-state index in [9.17, 15) is 15.0 Å². The number of carbonyl (C=O) groups excluding carboxylic acids is 1. The van der Waals surface area contributed by atoms with Gasteiger partial charge in [-0.15, -0.1) is 0 Å². The number of nitrogens with two attached hydrogens (primary N) is 1. The van der Waals surface area contributed by atoms with Crippen LogP contribution < -0.4 is 10.6 Å². The van der Waals surface area contributed by atoms with Crippen LogP contribution in [0.5, 0.6) is 5.75 Å². The number of methoxy groups -OCH3 is 1. The van der Waals surface area contributed by atoms with Crippen LogP contribution in [0.3, 0.4) is 0 Å². The maximum atomic E-state index is 11.4. The van der Waals surface area contributed by atoms with E-state index in [1.54, 1.807) is 18.2 Å². The predicted octanol–water partition coefficient (Wildman–Crippen LogP) is 1.41. The number of nitrogens with zero attached hydrogens (tertiary/aromatic N) is 1. The maximum Gasteiger partial charge on any atom is 0.307 e. The van der Waals surface area contributed by atoms with Gasteiger partial charge in [0.25, 0.3) is 0 Å². The lowest BCUT2D eigenvalue weighted by Crippen LogP contribution is -2.40. The van der Waals surface area contributed by atoms with Crippen molar-refractivity contribution in [3.05, 3.63) is 29.8 Å². The lowest BCUT2D eigenvalue weighted by molar-refractivity contribution is -0.140. The first kappa shape index (κ1) is 15.4.